The zero-order valence-electron chi connectivity index (χ0n) is 35.5. The number of ether oxygens (including phenoxy) is 2. The van der Waals surface area contributed by atoms with E-state index in [-0.39, 0.29) is 27.6 Å². The molecule has 2 N–H and O–H groups in total. The summed E-state index contributed by atoms with van der Waals surface area (Å²) in [4.78, 5) is 39.8. The van der Waals surface area contributed by atoms with E-state index in [1.807, 2.05) is 24.3 Å². The lowest BCUT2D eigenvalue weighted by Crippen LogP contribution is -2.61. The van der Waals surface area contributed by atoms with Crippen LogP contribution in [0.4, 0.5) is 17.1 Å². The number of carbonyl (C=O) groups is 1. The number of nitro benzene ring substituents is 1. The summed E-state index contributed by atoms with van der Waals surface area (Å²) < 4.78 is 39.3. The first-order chi connectivity index (χ1) is 29.2. The first-order valence-electron chi connectivity index (χ1n) is 21.7. The van der Waals surface area contributed by atoms with Crippen molar-refractivity contribution < 1.29 is 27.6 Å². The molecule has 6 aliphatic rings. The lowest BCUT2D eigenvalue weighted by atomic mass is 9.33. The highest BCUT2D eigenvalue weighted by atomic mass is 32.2. The Labute approximate surface area is 357 Å². The van der Waals surface area contributed by atoms with Gasteiger partial charge >= 0.3 is 0 Å². The van der Waals surface area contributed by atoms with Gasteiger partial charge in [-0.25, -0.2) is 13.4 Å². The average Bonchev–Trinajstić information content (AvgIpc) is 3.68. The Morgan fingerprint density at radius 2 is 1.75 bits per heavy atom. The normalized spacial score (nSPS) is 24.3. The second-order valence-electron chi connectivity index (χ2n) is 19.2. The van der Waals surface area contributed by atoms with Crippen molar-refractivity contribution in [3.63, 3.8) is 0 Å². The van der Waals surface area contributed by atoms with Crippen molar-refractivity contribution in [2.45, 2.75) is 64.2 Å². The predicted molar refractivity (Wildman–Crippen MR) is 236 cm³/mol. The minimum absolute atomic E-state index is 0.0955. The summed E-state index contributed by atoms with van der Waals surface area (Å²) in [7, 11) is -4.29. The molecular formula is C46H57N7O7S. The smallest absolute Gasteiger partial charge is 0.293 e. The molecule has 4 heterocycles. The minimum atomic E-state index is -4.29. The number of aromatic amines is 1. The van der Waals surface area contributed by atoms with Crippen LogP contribution >= 0.6 is 0 Å². The van der Waals surface area contributed by atoms with E-state index in [0.29, 0.717) is 53.9 Å². The quantitative estimate of drug-likeness (QED) is 0.0526. The van der Waals surface area contributed by atoms with E-state index in [0.717, 1.165) is 63.0 Å². The molecule has 2 aromatic heterocycles. The number of sulfone groups is 1. The van der Waals surface area contributed by atoms with E-state index in [1.54, 1.807) is 29.6 Å². The van der Waals surface area contributed by atoms with Crippen LogP contribution in [0.2, 0.25) is 0 Å². The number of piperazine rings is 1. The van der Waals surface area contributed by atoms with E-state index >= 15 is 0 Å². The van der Waals surface area contributed by atoms with Gasteiger partial charge in [0.2, 0.25) is 0 Å². The Hall–Kier alpha value is -4.83. The second kappa shape index (κ2) is 16.1. The molecule has 2 saturated heterocycles. The Morgan fingerprint density at radius 1 is 0.984 bits per heavy atom. The van der Waals surface area contributed by atoms with Crippen LogP contribution in [0.25, 0.3) is 11.0 Å². The molecule has 2 aliphatic heterocycles. The number of ketones is 1. The number of hydrogen-bond acceptors (Lipinski definition) is 12. The highest BCUT2D eigenvalue weighted by molar-refractivity contribution is 7.92. The average molecular weight is 852 g/mol. The van der Waals surface area contributed by atoms with Crippen molar-refractivity contribution in [1.29, 1.82) is 0 Å². The molecule has 4 aliphatic carbocycles. The third kappa shape index (κ3) is 8.66. The fraction of sp³-hybridized carbons (Fsp3) is 0.522. The molecule has 15 heteroatoms. The molecule has 5 fully saturated rings. The van der Waals surface area contributed by atoms with Crippen molar-refractivity contribution in [2.75, 3.05) is 88.1 Å². The van der Waals surface area contributed by atoms with Gasteiger partial charge in [-0.05, 0) is 91.2 Å². The number of nitrogens with one attached hydrogen (secondary N) is 2. The Morgan fingerprint density at radius 3 is 2.49 bits per heavy atom. The van der Waals surface area contributed by atoms with E-state index in [9.17, 15) is 23.3 Å². The van der Waals surface area contributed by atoms with Crippen molar-refractivity contribution in [3.05, 3.63) is 87.7 Å². The van der Waals surface area contributed by atoms with Crippen molar-refractivity contribution >= 4 is 43.7 Å². The number of nitrogens with zero attached hydrogens (tertiary/aromatic N) is 5. The van der Waals surface area contributed by atoms with Crippen LogP contribution in [0.5, 0.6) is 11.5 Å². The first kappa shape index (κ1) is 41.5. The van der Waals surface area contributed by atoms with Gasteiger partial charge in [0.05, 0.1) is 34.8 Å². The molecule has 0 radical (unpaired) electrons. The molecule has 0 unspecified atom stereocenters. The van der Waals surface area contributed by atoms with Crippen LogP contribution < -0.4 is 15.0 Å². The molecule has 4 aromatic rings. The Kier molecular flexibility index (Phi) is 11.0. The summed E-state index contributed by atoms with van der Waals surface area (Å²) in [6.45, 7) is 15.7. The number of rotatable bonds is 15. The van der Waals surface area contributed by atoms with Crippen LogP contribution in [0.1, 0.15) is 69.7 Å². The van der Waals surface area contributed by atoms with E-state index < -0.39 is 26.3 Å². The number of hydrogen-bond donors (Lipinski definition) is 2. The van der Waals surface area contributed by atoms with Crippen molar-refractivity contribution in [3.8, 4) is 11.5 Å². The maximum atomic E-state index is 14.0. The molecule has 0 atom stereocenters. The van der Waals surface area contributed by atoms with Gasteiger partial charge in [-0.2, -0.15) is 0 Å². The van der Waals surface area contributed by atoms with Crippen LogP contribution in [-0.2, 0) is 14.6 Å². The molecule has 0 amide bonds. The molecule has 324 valence electrons. The van der Waals surface area contributed by atoms with Crippen LogP contribution in [-0.4, -0.2) is 117 Å². The standard InChI is InChI=1S/C46H57N7O7S/c1-44(2)10-8-33(38(25-44)46-29-45(3,30-46)31-46)27-51-14-16-52(17-15-51)34-4-6-37(42(23-34)60-35-22-32-9-11-48-43(32)49-26-35)41(54)28-61(57,58)36-5-7-39(40(24-36)53(55)56)47-12-13-50-18-20-59-21-19-50/h4-7,9,11,22-24,26,47H,8,10,12-21,25,27-31H2,1-3H3,(H,48,49). The fourth-order valence-corrected chi connectivity index (χ4v) is 12.0. The van der Waals surface area contributed by atoms with Gasteiger partial charge in [-0.15, -0.1) is 0 Å². The maximum absolute atomic E-state index is 14.0. The lowest BCUT2D eigenvalue weighted by molar-refractivity contribution is -0.384. The number of aromatic nitrogens is 2. The topological polar surface area (TPSA) is 163 Å². The number of allylic oxidation sites excluding steroid dienone is 1. The van der Waals surface area contributed by atoms with E-state index in [2.05, 4.69) is 50.8 Å². The Bertz CT molecular complexity index is 2460. The van der Waals surface area contributed by atoms with E-state index in [1.165, 1.54) is 50.7 Å². The third-order valence-corrected chi connectivity index (χ3v) is 15.4. The zero-order chi connectivity index (χ0) is 42.6. The second-order valence-corrected chi connectivity index (χ2v) is 21.2. The zero-order valence-corrected chi connectivity index (χ0v) is 36.3. The van der Waals surface area contributed by atoms with Gasteiger partial charge in [0.15, 0.2) is 15.6 Å². The van der Waals surface area contributed by atoms with Crippen LogP contribution in [0, 0.1) is 26.4 Å². The Balaban J connectivity index is 0.911. The van der Waals surface area contributed by atoms with Crippen molar-refractivity contribution in [2.24, 2.45) is 16.2 Å². The minimum Gasteiger partial charge on any atom is -0.455 e. The molecule has 0 spiro atoms. The predicted octanol–water partition coefficient (Wildman–Crippen LogP) is 7.48. The van der Waals surface area contributed by atoms with Gasteiger partial charge in [0.25, 0.3) is 5.69 Å². The van der Waals surface area contributed by atoms with Crippen molar-refractivity contribution in [1.82, 2.24) is 19.8 Å². The molecule has 3 saturated carbocycles. The van der Waals surface area contributed by atoms with Crippen LogP contribution in [0.3, 0.4) is 0 Å². The molecule has 10 rings (SSSR count). The van der Waals surface area contributed by atoms with E-state index in [4.69, 9.17) is 9.47 Å². The number of Topliss-reactive ketones (excluding diaryl/α,β-unsaturated/α-hetero) is 1. The number of pyridine rings is 1. The molecule has 2 bridgehead atoms. The highest BCUT2D eigenvalue weighted by Gasteiger charge is 2.66. The monoisotopic (exact) mass is 851 g/mol. The number of carbonyl (C=O) groups excluding carboxylic acids is 1. The summed E-state index contributed by atoms with van der Waals surface area (Å²) in [5.41, 5.74) is 6.34. The summed E-state index contributed by atoms with van der Waals surface area (Å²) in [5.74, 6) is -0.965. The van der Waals surface area contributed by atoms with Gasteiger partial charge in [0.1, 0.15) is 28.6 Å². The number of H-pyrrole nitrogens is 1. The SMILES string of the molecule is CC1(C)CCC(CN2CCN(c3ccc(C(=O)CS(=O)(=O)c4ccc(NCCN5CCOCC5)c([N+](=O)[O-])c4)c(Oc4cnc5[nH]ccc5c4)c3)CC2)=C(C23CC(C)(C2)C3)C1. The molecule has 14 nitrogen and oxygen atoms in total. The van der Waals surface area contributed by atoms with Gasteiger partial charge in [-0.3, -0.25) is 24.7 Å². The van der Waals surface area contributed by atoms with Gasteiger partial charge < -0.3 is 24.7 Å². The molecule has 2 aromatic carbocycles. The summed E-state index contributed by atoms with van der Waals surface area (Å²) in [5, 5.41) is 16.0. The van der Waals surface area contributed by atoms with Crippen LogP contribution in [0.15, 0.2) is 77.0 Å². The summed E-state index contributed by atoms with van der Waals surface area (Å²) >= 11 is 0. The fourth-order valence-electron chi connectivity index (χ4n) is 10.8. The van der Waals surface area contributed by atoms with Gasteiger partial charge in [-0.1, -0.05) is 31.9 Å². The highest BCUT2D eigenvalue weighted by Crippen LogP contribution is 2.77. The lowest BCUT2D eigenvalue weighted by Gasteiger charge is -2.72. The molecule has 61 heavy (non-hydrogen) atoms. The van der Waals surface area contributed by atoms with Gasteiger partial charge in [0, 0.05) is 88.3 Å². The number of benzene rings is 2. The summed E-state index contributed by atoms with van der Waals surface area (Å²) in [6.07, 6.45) is 11.1. The maximum Gasteiger partial charge on any atom is 0.293 e. The number of nitro groups is 1. The third-order valence-electron chi connectivity index (χ3n) is 13.8. The number of morpholine rings is 1. The largest absolute Gasteiger partial charge is 0.455 e. The number of anilines is 2. The molecular weight excluding hydrogens is 795 g/mol. The first-order valence-corrected chi connectivity index (χ1v) is 23.3. The number of fused-ring (bicyclic) bond motifs is 1. The summed E-state index contributed by atoms with van der Waals surface area (Å²) in [6, 6.07) is 12.7.